The highest BCUT2D eigenvalue weighted by Crippen LogP contribution is 2.55. The Morgan fingerprint density at radius 2 is 0.761 bits per heavy atom. The molecule has 0 fully saturated rings. The third kappa shape index (κ3) is 9.99. The van der Waals surface area contributed by atoms with Crippen molar-refractivity contribution in [3.05, 3.63) is 190 Å². The van der Waals surface area contributed by atoms with Gasteiger partial charge in [0.1, 0.15) is 34.5 Å². The largest absolute Gasteiger partial charge is 0.530 e. The molecule has 0 aliphatic carbocycles. The lowest BCUT2D eigenvalue weighted by molar-refractivity contribution is 0.381. The van der Waals surface area contributed by atoms with Gasteiger partial charge in [0.2, 0.25) is 0 Å². The van der Waals surface area contributed by atoms with Gasteiger partial charge in [0, 0.05) is 11.1 Å². The van der Waals surface area contributed by atoms with E-state index >= 15 is 0 Å². The van der Waals surface area contributed by atoms with E-state index in [0.717, 1.165) is 100 Å². The Balaban J connectivity index is 1.33. The van der Waals surface area contributed by atoms with Gasteiger partial charge in [0.05, 0.1) is 0 Å². The second kappa shape index (κ2) is 19.7. The number of rotatable bonds is 8. The van der Waals surface area contributed by atoms with Crippen LogP contribution in [-0.4, -0.2) is 0 Å². The van der Waals surface area contributed by atoms with Crippen molar-refractivity contribution in [2.45, 2.75) is 99.3 Å². The molecule has 6 nitrogen and oxygen atoms in total. The van der Waals surface area contributed by atoms with E-state index in [4.69, 9.17) is 27.1 Å². The van der Waals surface area contributed by atoms with Crippen molar-refractivity contribution in [2.75, 3.05) is 0 Å². The zero-order valence-electron chi connectivity index (χ0n) is 40.2. The van der Waals surface area contributed by atoms with Crippen molar-refractivity contribution >= 4 is 38.7 Å². The van der Waals surface area contributed by atoms with E-state index in [1.807, 2.05) is 12.1 Å². The highest BCUT2D eigenvalue weighted by atomic mass is 31.2. The molecule has 1 aliphatic rings. The van der Waals surface area contributed by atoms with Crippen LogP contribution in [0, 0.1) is 13.8 Å². The first-order valence-electron chi connectivity index (χ1n) is 23.5. The summed E-state index contributed by atoms with van der Waals surface area (Å²) < 4.78 is 43.1. The van der Waals surface area contributed by atoms with Gasteiger partial charge in [0.25, 0.3) is 0 Å². The Kier molecular flexibility index (Phi) is 13.5. The van der Waals surface area contributed by atoms with Crippen LogP contribution in [0.2, 0.25) is 0 Å². The lowest BCUT2D eigenvalue weighted by Gasteiger charge is -2.26. The molecule has 2 atom stereocenters. The average molecular weight is 927 g/mol. The molecular formula is C59H60O6P2. The Hall–Kier alpha value is -6.06. The van der Waals surface area contributed by atoms with E-state index in [1.165, 1.54) is 0 Å². The molecule has 4 bridgehead atoms. The predicted octanol–water partition coefficient (Wildman–Crippen LogP) is 18.2. The van der Waals surface area contributed by atoms with Crippen molar-refractivity contribution in [3.63, 3.8) is 0 Å². The highest BCUT2D eigenvalue weighted by Gasteiger charge is 2.31. The molecule has 1 aliphatic heterocycles. The van der Waals surface area contributed by atoms with Gasteiger partial charge in [-0.05, 0) is 146 Å². The maximum Gasteiger partial charge on any atom is 0.530 e. The summed E-state index contributed by atoms with van der Waals surface area (Å²) >= 11 is 0. The first kappa shape index (κ1) is 46.1. The normalized spacial score (nSPS) is 15.1. The summed E-state index contributed by atoms with van der Waals surface area (Å²) in [5.41, 5.74) is 10.3. The van der Waals surface area contributed by atoms with E-state index < -0.39 is 17.2 Å². The summed E-state index contributed by atoms with van der Waals surface area (Å²) in [4.78, 5) is 0. The Morgan fingerprint density at radius 1 is 0.388 bits per heavy atom. The van der Waals surface area contributed by atoms with Crippen LogP contribution in [-0.2, 0) is 6.42 Å². The minimum absolute atomic E-state index is 0.168. The van der Waals surface area contributed by atoms with Gasteiger partial charge < -0.3 is 27.1 Å². The fraction of sp³-hybridized carbons (Fsp3) is 0.254. The summed E-state index contributed by atoms with van der Waals surface area (Å²) in [5, 5.41) is 4.06. The van der Waals surface area contributed by atoms with Crippen LogP contribution < -0.4 is 27.1 Å². The molecule has 2 unspecified atom stereocenters. The van der Waals surface area contributed by atoms with Crippen molar-refractivity contribution < 1.29 is 27.1 Å². The van der Waals surface area contributed by atoms with Gasteiger partial charge in [-0.2, -0.15) is 0 Å². The molecule has 1 heterocycles. The van der Waals surface area contributed by atoms with Crippen LogP contribution in [0.5, 0.6) is 34.5 Å². The zero-order valence-corrected chi connectivity index (χ0v) is 42.0. The topological polar surface area (TPSA) is 55.4 Å². The summed E-state index contributed by atoms with van der Waals surface area (Å²) in [6.45, 7) is 21.7. The third-order valence-corrected chi connectivity index (χ3v) is 14.5. The monoisotopic (exact) mass is 926 g/mol. The van der Waals surface area contributed by atoms with Crippen molar-refractivity contribution in [3.8, 4) is 45.6 Å². The summed E-state index contributed by atoms with van der Waals surface area (Å²) in [7, 11) is -4.24. The van der Waals surface area contributed by atoms with Crippen LogP contribution in [0.4, 0.5) is 0 Å². The molecule has 0 saturated heterocycles. The minimum Gasteiger partial charge on any atom is -0.408 e. The van der Waals surface area contributed by atoms with E-state index in [1.54, 1.807) is 0 Å². The van der Waals surface area contributed by atoms with Crippen LogP contribution in [0.3, 0.4) is 0 Å². The van der Waals surface area contributed by atoms with Crippen molar-refractivity contribution in [2.24, 2.45) is 0 Å². The minimum atomic E-state index is -2.12. The SMILES string of the molecule is Cc1ccc(C(C)C)c(OP2Oc3cc(ccc3C(C)C)Cc3ccc(C(C)C)c(c3)OP(Oc3cc(C)ccc3C(C)C)Oc3ccc4ccccc4c3-c3c(ccc4ccccc34)O2)c1. The van der Waals surface area contributed by atoms with E-state index in [2.05, 4.69) is 203 Å². The molecule has 8 aromatic carbocycles. The predicted molar refractivity (Wildman–Crippen MR) is 279 cm³/mol. The van der Waals surface area contributed by atoms with Crippen LogP contribution in [0.25, 0.3) is 32.7 Å². The maximum absolute atomic E-state index is 7.31. The lowest BCUT2D eigenvalue weighted by atomic mass is 9.92. The molecule has 9 rings (SSSR count). The maximum atomic E-state index is 7.31. The fourth-order valence-electron chi connectivity index (χ4n) is 8.89. The molecule has 8 aromatic rings. The lowest BCUT2D eigenvalue weighted by Crippen LogP contribution is -2.08. The molecule has 0 spiro atoms. The van der Waals surface area contributed by atoms with Gasteiger partial charge in [-0.1, -0.05) is 165 Å². The Morgan fingerprint density at radius 3 is 1.16 bits per heavy atom. The van der Waals surface area contributed by atoms with Crippen molar-refractivity contribution in [1.82, 2.24) is 0 Å². The number of hydrogen-bond donors (Lipinski definition) is 0. The van der Waals surface area contributed by atoms with Crippen LogP contribution in [0.1, 0.15) is 124 Å². The zero-order chi connectivity index (χ0) is 46.9. The van der Waals surface area contributed by atoms with Gasteiger partial charge in [0.15, 0.2) is 0 Å². The second-order valence-electron chi connectivity index (χ2n) is 18.9. The van der Waals surface area contributed by atoms with Gasteiger partial charge in [-0.25, -0.2) is 0 Å². The molecule has 8 heteroatoms. The first-order chi connectivity index (χ1) is 32.3. The molecule has 0 N–H and O–H groups in total. The summed E-state index contributed by atoms with van der Waals surface area (Å²) in [6, 6.07) is 50.9. The van der Waals surface area contributed by atoms with E-state index in [-0.39, 0.29) is 23.7 Å². The van der Waals surface area contributed by atoms with E-state index in [9.17, 15) is 0 Å². The summed E-state index contributed by atoms with van der Waals surface area (Å²) in [5.74, 6) is 4.85. The van der Waals surface area contributed by atoms with Gasteiger partial charge >= 0.3 is 17.2 Å². The second-order valence-corrected chi connectivity index (χ2v) is 20.9. The molecule has 67 heavy (non-hydrogen) atoms. The van der Waals surface area contributed by atoms with Crippen LogP contribution in [0.15, 0.2) is 146 Å². The molecule has 0 aromatic heterocycles. The Labute approximate surface area is 399 Å². The average Bonchev–Trinajstić information content (AvgIpc) is 3.28. The summed E-state index contributed by atoms with van der Waals surface area (Å²) in [6.07, 6.45) is 0.636. The van der Waals surface area contributed by atoms with E-state index in [0.29, 0.717) is 17.9 Å². The first-order valence-corrected chi connectivity index (χ1v) is 25.7. The molecule has 0 amide bonds. The number of aryl methyl sites for hydroxylation is 2. The van der Waals surface area contributed by atoms with Gasteiger partial charge in [-0.15, -0.1) is 0 Å². The Bertz CT molecular complexity index is 2880. The number of benzene rings is 8. The van der Waals surface area contributed by atoms with Crippen molar-refractivity contribution in [1.29, 1.82) is 0 Å². The fourth-order valence-corrected chi connectivity index (χ4v) is 11.0. The molecular weight excluding hydrogens is 867 g/mol. The van der Waals surface area contributed by atoms with Gasteiger partial charge in [-0.3, -0.25) is 0 Å². The smallest absolute Gasteiger partial charge is 0.408 e. The number of fused-ring (bicyclic) bond motifs is 11. The third-order valence-electron chi connectivity index (χ3n) is 12.5. The quantitative estimate of drug-likeness (QED) is 0.142. The molecule has 0 saturated carbocycles. The standard InChI is InChI=1S/C59H60O6P2/c1-36(2)46-25-19-40(9)31-54(46)62-66-60-52-29-23-44-15-11-13-17-50(44)58(52)59-51-18-14-12-16-45(51)24-30-53(59)61-67(63-55-32-41(10)20-26-47(55)37(3)4)65-57-35-43(22-28-49(57)39(7)8)33-42-21-27-48(38(5)6)56(34-42)64-66/h11-32,34-39H,33H2,1-10H3. The van der Waals surface area contributed by atoms with Crippen LogP contribution >= 0.6 is 17.2 Å². The molecule has 342 valence electrons. The number of hydrogen-bond acceptors (Lipinski definition) is 6. The highest BCUT2D eigenvalue weighted by molar-refractivity contribution is 7.43. The molecule has 0 radical (unpaired) electrons.